The predicted molar refractivity (Wildman–Crippen MR) is 51.4 cm³/mol. The Morgan fingerprint density at radius 2 is 2.38 bits per heavy atom. The fourth-order valence-electron chi connectivity index (χ4n) is 1.35. The lowest BCUT2D eigenvalue weighted by Crippen LogP contribution is -2.02. The lowest BCUT2D eigenvalue weighted by Gasteiger charge is -1.90. The maximum atomic E-state index is 5.46. The van der Waals surface area contributed by atoms with E-state index in [9.17, 15) is 0 Å². The van der Waals surface area contributed by atoms with Crippen molar-refractivity contribution in [2.45, 2.75) is 13.3 Å². The Labute approximate surface area is 76.2 Å². The normalized spacial score (nSPS) is 10.9. The van der Waals surface area contributed by atoms with Crippen LogP contribution in [0, 0.1) is 6.92 Å². The van der Waals surface area contributed by atoms with Crippen LogP contribution in [-0.4, -0.2) is 21.5 Å². The zero-order valence-electron chi connectivity index (χ0n) is 7.54. The van der Waals surface area contributed by atoms with Gasteiger partial charge in [-0.05, 0) is 26.0 Å². The summed E-state index contributed by atoms with van der Waals surface area (Å²) in [5, 5.41) is 1.05. The minimum Gasteiger partial charge on any atom is -0.343 e. The Morgan fingerprint density at radius 1 is 1.54 bits per heavy atom. The molecule has 0 unspecified atom stereocenters. The second-order valence-electron chi connectivity index (χ2n) is 3.05. The minimum absolute atomic E-state index is 0.652. The summed E-state index contributed by atoms with van der Waals surface area (Å²) >= 11 is 0. The van der Waals surface area contributed by atoms with E-state index in [1.807, 2.05) is 19.2 Å². The van der Waals surface area contributed by atoms with E-state index in [2.05, 4.69) is 15.0 Å². The third kappa shape index (κ3) is 1.53. The van der Waals surface area contributed by atoms with Crippen molar-refractivity contribution in [3.63, 3.8) is 0 Å². The molecule has 2 rings (SSSR count). The van der Waals surface area contributed by atoms with Crippen molar-refractivity contribution in [1.29, 1.82) is 0 Å². The first kappa shape index (κ1) is 8.19. The number of nitrogens with one attached hydrogen (secondary N) is 1. The number of nitrogens with zero attached hydrogens (tertiary/aromatic N) is 2. The molecule has 2 aromatic heterocycles. The van der Waals surface area contributed by atoms with Gasteiger partial charge in [-0.25, -0.2) is 9.97 Å². The average Bonchev–Trinajstić information content (AvgIpc) is 2.46. The van der Waals surface area contributed by atoms with Gasteiger partial charge in [0.1, 0.15) is 11.5 Å². The van der Waals surface area contributed by atoms with Crippen LogP contribution in [0.3, 0.4) is 0 Å². The summed E-state index contributed by atoms with van der Waals surface area (Å²) in [7, 11) is 0. The van der Waals surface area contributed by atoms with Gasteiger partial charge in [-0.2, -0.15) is 0 Å². The Balaban J connectivity index is 2.49. The van der Waals surface area contributed by atoms with Crippen LogP contribution in [0.5, 0.6) is 0 Å². The summed E-state index contributed by atoms with van der Waals surface area (Å²) in [5.74, 6) is 0.786. The van der Waals surface area contributed by atoms with Gasteiger partial charge in [-0.1, -0.05) is 0 Å². The lowest BCUT2D eigenvalue weighted by molar-refractivity contribution is 0.936. The predicted octanol–water partition coefficient (Wildman–Crippen LogP) is 0.768. The highest BCUT2D eigenvalue weighted by Gasteiger charge is 2.01. The number of rotatable bonds is 2. The average molecular weight is 176 g/mol. The van der Waals surface area contributed by atoms with Crippen molar-refractivity contribution in [1.82, 2.24) is 15.0 Å². The molecule has 0 saturated carbocycles. The molecule has 4 heteroatoms. The molecule has 2 aromatic rings. The molecule has 0 aliphatic carbocycles. The second kappa shape index (κ2) is 3.14. The van der Waals surface area contributed by atoms with Crippen molar-refractivity contribution in [3.8, 4) is 0 Å². The molecule has 0 amide bonds. The summed E-state index contributed by atoms with van der Waals surface area (Å²) in [6, 6.07) is 2.04. The molecule has 13 heavy (non-hydrogen) atoms. The van der Waals surface area contributed by atoms with Crippen LogP contribution >= 0.6 is 0 Å². The first-order valence-electron chi connectivity index (χ1n) is 4.31. The van der Waals surface area contributed by atoms with Gasteiger partial charge in [0.05, 0.1) is 0 Å². The van der Waals surface area contributed by atoms with Gasteiger partial charge in [0, 0.05) is 17.3 Å². The molecule has 3 N–H and O–H groups in total. The SMILES string of the molecule is Cc1ncc2cc(CCN)[nH]c2n1. The Morgan fingerprint density at radius 3 is 3.15 bits per heavy atom. The Kier molecular flexibility index (Phi) is 1.98. The topological polar surface area (TPSA) is 67.6 Å². The monoisotopic (exact) mass is 176 g/mol. The fourth-order valence-corrected chi connectivity index (χ4v) is 1.35. The minimum atomic E-state index is 0.652. The molecule has 68 valence electrons. The van der Waals surface area contributed by atoms with Crippen LogP contribution < -0.4 is 5.73 Å². The van der Waals surface area contributed by atoms with Crippen LogP contribution in [0.4, 0.5) is 0 Å². The molecule has 2 heterocycles. The highest BCUT2D eigenvalue weighted by molar-refractivity contribution is 5.75. The van der Waals surface area contributed by atoms with Crippen molar-refractivity contribution in [2.75, 3.05) is 6.54 Å². The van der Waals surface area contributed by atoms with Gasteiger partial charge >= 0.3 is 0 Å². The molecular formula is C9H12N4. The highest BCUT2D eigenvalue weighted by atomic mass is 14.9. The third-order valence-corrected chi connectivity index (χ3v) is 1.96. The number of nitrogens with two attached hydrogens (primary N) is 1. The van der Waals surface area contributed by atoms with E-state index in [0.717, 1.165) is 29.0 Å². The molecule has 0 aliphatic heterocycles. The van der Waals surface area contributed by atoms with Crippen molar-refractivity contribution in [3.05, 3.63) is 23.8 Å². The molecule has 0 fully saturated rings. The zero-order chi connectivity index (χ0) is 9.26. The zero-order valence-corrected chi connectivity index (χ0v) is 7.54. The number of hydrogen-bond acceptors (Lipinski definition) is 3. The van der Waals surface area contributed by atoms with E-state index in [1.54, 1.807) is 0 Å². The largest absolute Gasteiger partial charge is 0.343 e. The molecule has 4 nitrogen and oxygen atoms in total. The van der Waals surface area contributed by atoms with E-state index >= 15 is 0 Å². The number of H-pyrrole nitrogens is 1. The summed E-state index contributed by atoms with van der Waals surface area (Å²) in [6.07, 6.45) is 2.68. The molecule has 0 atom stereocenters. The molecule has 0 saturated heterocycles. The van der Waals surface area contributed by atoms with Crippen LogP contribution in [0.15, 0.2) is 12.3 Å². The number of hydrogen-bond donors (Lipinski definition) is 2. The van der Waals surface area contributed by atoms with Crippen molar-refractivity contribution >= 4 is 11.0 Å². The maximum Gasteiger partial charge on any atom is 0.141 e. The maximum absolute atomic E-state index is 5.46. The first-order chi connectivity index (χ1) is 6.29. The smallest absolute Gasteiger partial charge is 0.141 e. The fraction of sp³-hybridized carbons (Fsp3) is 0.333. The van der Waals surface area contributed by atoms with Crippen LogP contribution in [0.25, 0.3) is 11.0 Å². The van der Waals surface area contributed by atoms with Gasteiger partial charge < -0.3 is 10.7 Å². The third-order valence-electron chi connectivity index (χ3n) is 1.96. The molecule has 0 aliphatic rings. The number of aromatic amines is 1. The van der Waals surface area contributed by atoms with Crippen molar-refractivity contribution in [2.24, 2.45) is 5.73 Å². The molecular weight excluding hydrogens is 164 g/mol. The van der Waals surface area contributed by atoms with E-state index in [-0.39, 0.29) is 0 Å². The van der Waals surface area contributed by atoms with Gasteiger partial charge in [0.25, 0.3) is 0 Å². The van der Waals surface area contributed by atoms with Gasteiger partial charge in [-0.15, -0.1) is 0 Å². The Bertz CT molecular complexity index is 418. The summed E-state index contributed by atoms with van der Waals surface area (Å²) < 4.78 is 0. The molecule has 0 bridgehead atoms. The summed E-state index contributed by atoms with van der Waals surface area (Å²) in [6.45, 7) is 2.53. The van der Waals surface area contributed by atoms with E-state index in [1.165, 1.54) is 0 Å². The van der Waals surface area contributed by atoms with E-state index in [0.29, 0.717) is 6.54 Å². The van der Waals surface area contributed by atoms with Crippen LogP contribution in [0.1, 0.15) is 11.5 Å². The van der Waals surface area contributed by atoms with Gasteiger partial charge in [-0.3, -0.25) is 0 Å². The van der Waals surface area contributed by atoms with Crippen LogP contribution in [0.2, 0.25) is 0 Å². The van der Waals surface area contributed by atoms with E-state index in [4.69, 9.17) is 5.73 Å². The van der Waals surface area contributed by atoms with E-state index < -0.39 is 0 Å². The first-order valence-corrected chi connectivity index (χ1v) is 4.31. The van der Waals surface area contributed by atoms with Crippen LogP contribution in [-0.2, 0) is 6.42 Å². The summed E-state index contributed by atoms with van der Waals surface area (Å²) in [5.41, 5.74) is 7.48. The molecule has 0 spiro atoms. The van der Waals surface area contributed by atoms with Gasteiger partial charge in [0.15, 0.2) is 0 Å². The standard InChI is InChI=1S/C9H12N4/c1-6-11-5-7-4-8(2-3-10)13-9(7)12-6/h4-5H,2-3,10H2,1H3,(H,11,12,13). The quantitative estimate of drug-likeness (QED) is 0.710. The molecule has 0 aromatic carbocycles. The molecule has 0 radical (unpaired) electrons. The number of fused-ring (bicyclic) bond motifs is 1. The lowest BCUT2D eigenvalue weighted by atomic mass is 10.3. The number of aromatic nitrogens is 3. The number of aryl methyl sites for hydroxylation is 1. The summed E-state index contributed by atoms with van der Waals surface area (Å²) in [4.78, 5) is 11.6. The second-order valence-corrected chi connectivity index (χ2v) is 3.05. The van der Waals surface area contributed by atoms with Gasteiger partial charge in [0.2, 0.25) is 0 Å². The highest BCUT2D eigenvalue weighted by Crippen LogP contribution is 2.11. The Hall–Kier alpha value is -1.42. The van der Waals surface area contributed by atoms with Crippen molar-refractivity contribution < 1.29 is 0 Å².